The van der Waals surface area contributed by atoms with Crippen LogP contribution in [0.4, 0.5) is 13.2 Å². The van der Waals surface area contributed by atoms with Crippen molar-refractivity contribution in [1.82, 2.24) is 5.32 Å². The number of halogens is 3. The highest BCUT2D eigenvalue weighted by Crippen LogP contribution is 2.38. The van der Waals surface area contributed by atoms with Crippen molar-refractivity contribution in [2.45, 2.75) is 62.6 Å². The number of thioether (sulfide) groups is 1. The number of hydrogen-bond donors (Lipinski definition) is 2. The number of benzene rings is 2. The molecule has 0 heterocycles. The second kappa shape index (κ2) is 13.5. The fraction of sp³-hybridized carbons (Fsp3) is 0.500. The van der Waals surface area contributed by atoms with E-state index in [1.54, 1.807) is 12.1 Å². The number of alkyl halides is 3. The molecule has 0 fully saturated rings. The summed E-state index contributed by atoms with van der Waals surface area (Å²) in [6.07, 6.45) is -1.13. The fourth-order valence-electron chi connectivity index (χ4n) is 3.51. The van der Waals surface area contributed by atoms with Crippen LogP contribution in [0.5, 0.6) is 0 Å². The topological polar surface area (TPSA) is 58.6 Å². The van der Waals surface area contributed by atoms with Gasteiger partial charge in [0.25, 0.3) is 0 Å². The van der Waals surface area contributed by atoms with Gasteiger partial charge < -0.3 is 14.7 Å². The van der Waals surface area contributed by atoms with Gasteiger partial charge in [0.05, 0.1) is 12.2 Å². The lowest BCUT2D eigenvalue weighted by atomic mass is 9.80. The molecule has 0 aliphatic rings. The van der Waals surface area contributed by atoms with E-state index in [1.807, 2.05) is 18.2 Å². The Bertz CT molecular complexity index is 879. The van der Waals surface area contributed by atoms with Crippen molar-refractivity contribution in [3.63, 3.8) is 0 Å². The van der Waals surface area contributed by atoms with Crippen LogP contribution in [0.25, 0.3) is 0 Å². The lowest BCUT2D eigenvalue weighted by Crippen LogP contribution is -2.17. The first kappa shape index (κ1) is 27.9. The van der Waals surface area contributed by atoms with Crippen LogP contribution in [-0.4, -0.2) is 23.8 Å². The van der Waals surface area contributed by atoms with Gasteiger partial charge in [-0.1, -0.05) is 56.7 Å². The molecule has 1 atom stereocenters. The van der Waals surface area contributed by atoms with Crippen molar-refractivity contribution in [1.29, 1.82) is 0 Å². The quantitative estimate of drug-likeness (QED) is 0.168. The summed E-state index contributed by atoms with van der Waals surface area (Å²) < 4.78 is 55.9. The third kappa shape index (κ3) is 10.2. The van der Waals surface area contributed by atoms with Crippen LogP contribution in [0.2, 0.25) is 0 Å². The van der Waals surface area contributed by atoms with Gasteiger partial charge in [0.15, 0.2) is 0 Å². The fourth-order valence-corrected chi connectivity index (χ4v) is 4.89. The monoisotopic (exact) mass is 503 g/mol. The van der Waals surface area contributed by atoms with Crippen molar-refractivity contribution < 1.29 is 27.2 Å². The van der Waals surface area contributed by atoms with E-state index in [9.17, 15) is 17.7 Å². The SMILES string of the molecule is CC(C)(CCCCSc1ccc(CNCCCO[PH](=O)O)cc1C(F)(F)F)c1ccccc1. The van der Waals surface area contributed by atoms with Gasteiger partial charge in [-0.05, 0) is 60.2 Å². The third-order valence-electron chi connectivity index (χ3n) is 5.41. The summed E-state index contributed by atoms with van der Waals surface area (Å²) in [5.41, 5.74) is 1.27. The van der Waals surface area contributed by atoms with Crippen LogP contribution in [-0.2, 0) is 27.2 Å². The standard InChI is InChI=1S/C24H33F3NO3PS/c1-23(2,20-9-4-3-5-10-20)13-6-7-16-33-22-12-11-19(17-21(22)24(25,26)27)18-28-14-8-15-31-32(29)30/h3-5,9-12,17,28,32H,6-8,13-16,18H2,1-2H3,(H,29,30). The van der Waals surface area contributed by atoms with Gasteiger partial charge in [-0.15, -0.1) is 11.8 Å². The molecule has 0 aliphatic heterocycles. The Morgan fingerprint density at radius 1 is 1.06 bits per heavy atom. The summed E-state index contributed by atoms with van der Waals surface area (Å²) >= 11 is 1.26. The van der Waals surface area contributed by atoms with Gasteiger partial charge in [-0.3, -0.25) is 4.57 Å². The molecule has 9 heteroatoms. The predicted octanol–water partition coefficient (Wildman–Crippen LogP) is 6.82. The average Bonchev–Trinajstić information content (AvgIpc) is 2.76. The van der Waals surface area contributed by atoms with Crippen molar-refractivity contribution >= 4 is 20.0 Å². The van der Waals surface area contributed by atoms with E-state index in [1.165, 1.54) is 23.4 Å². The molecule has 0 bridgehead atoms. The smallest absolute Gasteiger partial charge is 0.326 e. The number of unbranched alkanes of at least 4 members (excludes halogenated alkanes) is 1. The van der Waals surface area contributed by atoms with Crippen LogP contribution in [0.15, 0.2) is 53.4 Å². The zero-order chi connectivity index (χ0) is 24.3. The minimum atomic E-state index is -4.41. The van der Waals surface area contributed by atoms with Gasteiger partial charge in [0.1, 0.15) is 0 Å². The van der Waals surface area contributed by atoms with E-state index in [0.29, 0.717) is 24.3 Å². The first-order valence-electron chi connectivity index (χ1n) is 11.0. The van der Waals surface area contributed by atoms with E-state index >= 15 is 0 Å². The summed E-state index contributed by atoms with van der Waals surface area (Å²) in [4.78, 5) is 8.85. The highest BCUT2D eigenvalue weighted by Gasteiger charge is 2.33. The minimum Gasteiger partial charge on any atom is -0.326 e. The Morgan fingerprint density at radius 2 is 1.79 bits per heavy atom. The van der Waals surface area contributed by atoms with Gasteiger partial charge in [0, 0.05) is 11.4 Å². The molecule has 0 radical (unpaired) electrons. The van der Waals surface area contributed by atoms with Crippen molar-refractivity contribution in [3.8, 4) is 0 Å². The lowest BCUT2D eigenvalue weighted by Gasteiger charge is -2.25. The molecule has 2 aromatic rings. The van der Waals surface area contributed by atoms with Crippen molar-refractivity contribution in [3.05, 3.63) is 65.2 Å². The second-order valence-corrected chi connectivity index (χ2v) is 10.5. The van der Waals surface area contributed by atoms with Crippen LogP contribution < -0.4 is 5.32 Å². The van der Waals surface area contributed by atoms with Crippen LogP contribution >= 0.6 is 20.0 Å². The Morgan fingerprint density at radius 3 is 2.45 bits per heavy atom. The molecule has 0 amide bonds. The maximum atomic E-state index is 13.6. The molecule has 2 rings (SSSR count). The van der Waals surface area contributed by atoms with E-state index < -0.39 is 20.0 Å². The summed E-state index contributed by atoms with van der Waals surface area (Å²) in [6, 6.07) is 14.8. The van der Waals surface area contributed by atoms with E-state index in [4.69, 9.17) is 4.89 Å². The molecule has 2 aromatic carbocycles. The summed E-state index contributed by atoms with van der Waals surface area (Å²) in [6.45, 7) is 5.30. The molecule has 0 aliphatic carbocycles. The van der Waals surface area contributed by atoms with Crippen molar-refractivity contribution in [2.75, 3.05) is 18.9 Å². The lowest BCUT2D eigenvalue weighted by molar-refractivity contribution is -0.139. The molecule has 184 valence electrons. The van der Waals surface area contributed by atoms with Crippen LogP contribution in [0.1, 0.15) is 56.2 Å². The molecular formula is C24H33F3NO3PS. The summed E-state index contributed by atoms with van der Waals surface area (Å²) in [5.74, 6) is 0.638. The van der Waals surface area contributed by atoms with E-state index in [2.05, 4.69) is 35.8 Å². The summed E-state index contributed by atoms with van der Waals surface area (Å²) in [7, 11) is -2.94. The average molecular weight is 504 g/mol. The highest BCUT2D eigenvalue weighted by atomic mass is 32.2. The minimum absolute atomic E-state index is 0.0417. The van der Waals surface area contributed by atoms with E-state index in [0.717, 1.165) is 19.3 Å². The number of nitrogens with one attached hydrogen (secondary N) is 1. The predicted molar refractivity (Wildman–Crippen MR) is 129 cm³/mol. The molecular weight excluding hydrogens is 470 g/mol. The maximum Gasteiger partial charge on any atom is 0.417 e. The Hall–Kier alpha value is -1.31. The second-order valence-electron chi connectivity index (χ2n) is 8.53. The molecule has 1 unspecified atom stereocenters. The third-order valence-corrected chi connectivity index (χ3v) is 7.02. The van der Waals surface area contributed by atoms with Crippen LogP contribution in [0.3, 0.4) is 0 Å². The molecule has 0 aromatic heterocycles. The van der Waals surface area contributed by atoms with Gasteiger partial charge in [-0.2, -0.15) is 13.2 Å². The molecule has 0 spiro atoms. The maximum absolute atomic E-state index is 13.6. The van der Waals surface area contributed by atoms with Crippen LogP contribution in [0, 0.1) is 0 Å². The first-order valence-corrected chi connectivity index (χ1v) is 13.3. The molecule has 0 saturated carbocycles. The number of rotatable bonds is 14. The molecule has 33 heavy (non-hydrogen) atoms. The number of hydrogen-bond acceptors (Lipinski definition) is 4. The van der Waals surface area contributed by atoms with Gasteiger partial charge in [0.2, 0.25) is 0 Å². The highest BCUT2D eigenvalue weighted by molar-refractivity contribution is 7.99. The largest absolute Gasteiger partial charge is 0.417 e. The molecule has 4 nitrogen and oxygen atoms in total. The van der Waals surface area contributed by atoms with Crippen molar-refractivity contribution in [2.24, 2.45) is 0 Å². The Kier molecular flexibility index (Phi) is 11.5. The Labute approximate surface area is 199 Å². The normalized spacial score (nSPS) is 13.3. The van der Waals surface area contributed by atoms with E-state index in [-0.39, 0.29) is 23.5 Å². The zero-order valence-corrected chi connectivity index (χ0v) is 20.9. The first-order chi connectivity index (χ1) is 15.6. The summed E-state index contributed by atoms with van der Waals surface area (Å²) in [5, 5.41) is 3.03. The molecule has 0 saturated heterocycles. The van der Waals surface area contributed by atoms with Gasteiger partial charge >= 0.3 is 14.4 Å². The zero-order valence-electron chi connectivity index (χ0n) is 19.1. The molecule has 2 N–H and O–H groups in total. The Balaban J connectivity index is 1.83. The van der Waals surface area contributed by atoms with Gasteiger partial charge in [-0.25, -0.2) is 0 Å².